The van der Waals surface area contributed by atoms with Crippen LogP contribution in [0, 0.1) is 6.92 Å². The molecule has 0 saturated heterocycles. The lowest BCUT2D eigenvalue weighted by molar-refractivity contribution is -0.141. The van der Waals surface area contributed by atoms with Crippen LogP contribution < -0.4 is 5.32 Å². The molecule has 106 valence electrons. The van der Waals surface area contributed by atoms with Crippen molar-refractivity contribution in [2.45, 2.75) is 26.4 Å². The van der Waals surface area contributed by atoms with Gasteiger partial charge in [0.2, 0.25) is 0 Å². The summed E-state index contributed by atoms with van der Waals surface area (Å²) in [5.74, 6) is -0.332. The molecule has 1 atom stereocenters. The third-order valence-electron chi connectivity index (χ3n) is 3.15. The second kappa shape index (κ2) is 6.23. The quantitative estimate of drug-likeness (QED) is 0.851. The maximum atomic E-state index is 12.0. The first kappa shape index (κ1) is 14.1. The second-order valence-electron chi connectivity index (χ2n) is 4.57. The normalized spacial score (nSPS) is 11.9. The number of methoxy groups -OCH3 is 1. The first-order valence-electron chi connectivity index (χ1n) is 6.56. The van der Waals surface area contributed by atoms with Gasteiger partial charge in [0.1, 0.15) is 0 Å². The number of nitrogens with zero attached hydrogens (tertiary/aromatic N) is 2. The average Bonchev–Trinajstić information content (AvgIpc) is 2.92. The molecule has 0 aliphatic carbocycles. The van der Waals surface area contributed by atoms with Crippen LogP contribution in [0.15, 0.2) is 36.8 Å². The number of imidazole rings is 1. The first-order valence-corrected chi connectivity index (χ1v) is 6.56. The van der Waals surface area contributed by atoms with Gasteiger partial charge in [0.05, 0.1) is 25.3 Å². The molecule has 0 fully saturated rings. The van der Waals surface area contributed by atoms with Crippen LogP contribution in [0.5, 0.6) is 0 Å². The molecule has 0 radical (unpaired) electrons. The van der Waals surface area contributed by atoms with Gasteiger partial charge in [0.15, 0.2) is 6.04 Å². The number of anilines is 1. The molecular formula is C15H19N3O2. The highest BCUT2D eigenvalue weighted by Crippen LogP contribution is 2.21. The van der Waals surface area contributed by atoms with Crippen molar-refractivity contribution in [3.05, 3.63) is 48.0 Å². The van der Waals surface area contributed by atoms with E-state index < -0.39 is 6.04 Å². The first-order chi connectivity index (χ1) is 9.65. The van der Waals surface area contributed by atoms with Crippen LogP contribution in [0.2, 0.25) is 0 Å². The number of esters is 1. The van der Waals surface area contributed by atoms with E-state index in [1.165, 1.54) is 7.11 Å². The molecule has 1 heterocycles. The number of rotatable bonds is 5. The van der Waals surface area contributed by atoms with Crippen molar-refractivity contribution in [2.75, 3.05) is 12.4 Å². The molecular weight excluding hydrogens is 254 g/mol. The highest BCUT2D eigenvalue weighted by Gasteiger charge is 2.24. The van der Waals surface area contributed by atoms with Crippen molar-refractivity contribution < 1.29 is 9.53 Å². The Morgan fingerprint density at radius 2 is 2.30 bits per heavy atom. The maximum Gasteiger partial charge on any atom is 0.334 e. The highest BCUT2D eigenvalue weighted by atomic mass is 16.5. The number of ether oxygens (including phenoxy) is 1. The predicted molar refractivity (Wildman–Crippen MR) is 77.5 cm³/mol. The van der Waals surface area contributed by atoms with Crippen LogP contribution in [0.1, 0.15) is 24.2 Å². The third-order valence-corrected chi connectivity index (χ3v) is 3.15. The third kappa shape index (κ3) is 2.99. The Kier molecular flexibility index (Phi) is 4.40. The van der Waals surface area contributed by atoms with E-state index in [0.717, 1.165) is 23.5 Å². The van der Waals surface area contributed by atoms with Gasteiger partial charge in [-0.15, -0.1) is 0 Å². The number of carbonyl (C=O) groups excluding carboxylic acids is 1. The van der Waals surface area contributed by atoms with E-state index in [0.29, 0.717) is 0 Å². The zero-order chi connectivity index (χ0) is 14.5. The molecule has 1 unspecified atom stereocenters. The van der Waals surface area contributed by atoms with Gasteiger partial charge in [-0.2, -0.15) is 0 Å². The fourth-order valence-corrected chi connectivity index (χ4v) is 2.11. The zero-order valence-electron chi connectivity index (χ0n) is 12.0. The van der Waals surface area contributed by atoms with Gasteiger partial charge in [-0.1, -0.05) is 12.1 Å². The van der Waals surface area contributed by atoms with Gasteiger partial charge in [-0.25, -0.2) is 9.78 Å². The molecule has 0 bridgehead atoms. The SMILES string of the molecule is CCn1cncc1C(Nc1cccc(C)c1)C(=O)OC. The Bertz CT molecular complexity index is 592. The molecule has 2 rings (SSSR count). The Labute approximate surface area is 118 Å². The van der Waals surface area contributed by atoms with E-state index in [2.05, 4.69) is 10.3 Å². The summed E-state index contributed by atoms with van der Waals surface area (Å²) in [6, 6.07) is 7.31. The van der Waals surface area contributed by atoms with Crippen LogP contribution in [-0.2, 0) is 16.1 Å². The van der Waals surface area contributed by atoms with Crippen molar-refractivity contribution in [3.63, 3.8) is 0 Å². The van der Waals surface area contributed by atoms with Crippen LogP contribution in [0.3, 0.4) is 0 Å². The van der Waals surface area contributed by atoms with Crippen LogP contribution in [-0.4, -0.2) is 22.6 Å². The van der Waals surface area contributed by atoms with Crippen LogP contribution >= 0.6 is 0 Å². The number of hydrogen-bond acceptors (Lipinski definition) is 4. The molecule has 0 aliphatic heterocycles. The van der Waals surface area contributed by atoms with Crippen molar-refractivity contribution in [1.29, 1.82) is 0 Å². The van der Waals surface area contributed by atoms with E-state index in [4.69, 9.17) is 4.74 Å². The number of nitrogens with one attached hydrogen (secondary N) is 1. The molecule has 20 heavy (non-hydrogen) atoms. The van der Waals surface area contributed by atoms with Gasteiger partial charge in [-0.05, 0) is 31.5 Å². The van der Waals surface area contributed by atoms with Crippen LogP contribution in [0.4, 0.5) is 5.69 Å². The fourth-order valence-electron chi connectivity index (χ4n) is 2.11. The Hall–Kier alpha value is -2.30. The lowest BCUT2D eigenvalue weighted by Gasteiger charge is -2.19. The monoisotopic (exact) mass is 273 g/mol. The van der Waals surface area contributed by atoms with Crippen molar-refractivity contribution in [2.24, 2.45) is 0 Å². The minimum atomic E-state index is -0.566. The van der Waals surface area contributed by atoms with Gasteiger partial charge in [0, 0.05) is 12.2 Å². The lowest BCUT2D eigenvalue weighted by Crippen LogP contribution is -2.24. The number of hydrogen-bond donors (Lipinski definition) is 1. The Morgan fingerprint density at radius 1 is 1.50 bits per heavy atom. The standard InChI is InChI=1S/C15H19N3O2/c1-4-18-10-16-9-13(18)14(15(19)20-3)17-12-7-5-6-11(2)8-12/h5-10,14,17H,4H2,1-3H3. The number of benzene rings is 1. The largest absolute Gasteiger partial charge is 0.467 e. The van der Waals surface area contributed by atoms with E-state index >= 15 is 0 Å². The molecule has 2 aromatic rings. The second-order valence-corrected chi connectivity index (χ2v) is 4.57. The molecule has 5 nitrogen and oxygen atoms in total. The van der Waals surface area contributed by atoms with E-state index in [1.807, 2.05) is 42.7 Å². The summed E-state index contributed by atoms with van der Waals surface area (Å²) >= 11 is 0. The average molecular weight is 273 g/mol. The van der Waals surface area contributed by atoms with Gasteiger partial charge in [-0.3, -0.25) is 0 Å². The molecule has 1 aromatic heterocycles. The molecule has 1 N–H and O–H groups in total. The topological polar surface area (TPSA) is 56.2 Å². The van der Waals surface area contributed by atoms with Crippen molar-refractivity contribution >= 4 is 11.7 Å². The highest BCUT2D eigenvalue weighted by molar-refractivity contribution is 5.80. The maximum absolute atomic E-state index is 12.0. The summed E-state index contributed by atoms with van der Waals surface area (Å²) in [5, 5.41) is 3.21. The van der Waals surface area contributed by atoms with E-state index in [9.17, 15) is 4.79 Å². The number of aryl methyl sites for hydroxylation is 2. The minimum Gasteiger partial charge on any atom is -0.467 e. The number of carbonyl (C=O) groups is 1. The Balaban J connectivity index is 2.31. The van der Waals surface area contributed by atoms with Crippen LogP contribution in [0.25, 0.3) is 0 Å². The smallest absolute Gasteiger partial charge is 0.334 e. The molecule has 0 saturated carbocycles. The zero-order valence-corrected chi connectivity index (χ0v) is 12.0. The minimum absolute atomic E-state index is 0.332. The fraction of sp³-hybridized carbons (Fsp3) is 0.333. The summed E-state index contributed by atoms with van der Waals surface area (Å²) in [5.41, 5.74) is 2.80. The van der Waals surface area contributed by atoms with Gasteiger partial charge < -0.3 is 14.6 Å². The Morgan fingerprint density at radius 3 is 2.95 bits per heavy atom. The molecule has 1 aromatic carbocycles. The predicted octanol–water partition coefficient (Wildman–Crippen LogP) is 2.54. The van der Waals surface area contributed by atoms with Gasteiger partial charge >= 0.3 is 5.97 Å². The lowest BCUT2D eigenvalue weighted by atomic mass is 10.1. The number of aromatic nitrogens is 2. The summed E-state index contributed by atoms with van der Waals surface area (Å²) in [6.45, 7) is 4.76. The van der Waals surface area contributed by atoms with E-state index in [-0.39, 0.29) is 5.97 Å². The van der Waals surface area contributed by atoms with E-state index in [1.54, 1.807) is 12.5 Å². The molecule has 0 spiro atoms. The summed E-state index contributed by atoms with van der Waals surface area (Å²) in [4.78, 5) is 16.1. The summed E-state index contributed by atoms with van der Waals surface area (Å²) in [7, 11) is 1.39. The molecule has 0 aliphatic rings. The molecule has 5 heteroatoms. The summed E-state index contributed by atoms with van der Waals surface area (Å²) in [6.07, 6.45) is 3.40. The summed E-state index contributed by atoms with van der Waals surface area (Å²) < 4.78 is 6.82. The van der Waals surface area contributed by atoms with Crippen molar-refractivity contribution in [3.8, 4) is 0 Å². The van der Waals surface area contributed by atoms with Crippen molar-refractivity contribution in [1.82, 2.24) is 9.55 Å². The molecule has 0 amide bonds. The van der Waals surface area contributed by atoms with Gasteiger partial charge in [0.25, 0.3) is 0 Å².